The Kier molecular flexibility index (Phi) is 7.94. The van der Waals surface area contributed by atoms with Crippen molar-refractivity contribution in [1.29, 1.82) is 0 Å². The normalized spacial score (nSPS) is 26.0. The van der Waals surface area contributed by atoms with Gasteiger partial charge in [0.25, 0.3) is 5.91 Å². The molecule has 3 fully saturated rings. The molecule has 52 heavy (non-hydrogen) atoms. The van der Waals surface area contributed by atoms with Gasteiger partial charge in [-0.05, 0) is 72.0 Å². The monoisotopic (exact) mass is 805 g/mol. The van der Waals surface area contributed by atoms with Crippen molar-refractivity contribution in [2.24, 2.45) is 29.6 Å². The lowest BCUT2D eigenvalue weighted by Crippen LogP contribution is -2.42. The van der Waals surface area contributed by atoms with Gasteiger partial charge in [-0.15, -0.1) is 11.8 Å². The lowest BCUT2D eigenvalue weighted by atomic mass is 9.68. The van der Waals surface area contributed by atoms with E-state index in [1.807, 2.05) is 48.5 Å². The van der Waals surface area contributed by atoms with Crippen LogP contribution in [0, 0.1) is 29.6 Å². The first-order valence-corrected chi connectivity index (χ1v) is 19.1. The predicted octanol–water partition coefficient (Wildman–Crippen LogP) is 8.07. The van der Waals surface area contributed by atoms with Crippen molar-refractivity contribution in [1.82, 2.24) is 4.98 Å². The lowest BCUT2D eigenvalue weighted by molar-refractivity contribution is -0.137. The number of alkyl halides is 3. The summed E-state index contributed by atoms with van der Waals surface area (Å²) in [6.45, 7) is -0.292. The summed E-state index contributed by atoms with van der Waals surface area (Å²) in [6.07, 6.45) is -4.04. The first-order chi connectivity index (χ1) is 25.0. The van der Waals surface area contributed by atoms with Crippen LogP contribution in [-0.2, 0) is 20.6 Å². The van der Waals surface area contributed by atoms with Crippen LogP contribution in [0.2, 0.25) is 0 Å². The number of H-pyrrole nitrogens is 1. The van der Waals surface area contributed by atoms with Gasteiger partial charge in [0.1, 0.15) is 5.75 Å². The Hall–Kier alpha value is -4.40. The number of fused-ring (bicyclic) bond motifs is 10. The van der Waals surface area contributed by atoms with Gasteiger partial charge in [0, 0.05) is 37.2 Å². The SMILES string of the molecule is O=C(COc1ccc(Br)cc1[C@H]1c2sc(=O)[nH]c2SC2C3CC(C4C(=O)N(c5cccc(C(F)(F)F)c5)C(=O)C34)C21)Nc1cccc2ccccc12. The number of thiazole rings is 1. The molecule has 7 atom stereocenters. The van der Waals surface area contributed by atoms with Crippen LogP contribution in [0.15, 0.2) is 99.2 Å². The molecule has 4 aliphatic rings. The molecular formula is C38H27BrF3N3O5S2. The van der Waals surface area contributed by atoms with Crippen LogP contribution in [0.4, 0.5) is 24.5 Å². The summed E-state index contributed by atoms with van der Waals surface area (Å²) in [5.41, 5.74) is 0.368. The Labute approximate surface area is 310 Å². The van der Waals surface area contributed by atoms with Crippen LogP contribution in [0.3, 0.4) is 0 Å². The van der Waals surface area contributed by atoms with Gasteiger partial charge in [-0.3, -0.25) is 24.1 Å². The molecule has 2 aliphatic heterocycles. The zero-order chi connectivity index (χ0) is 36.1. The maximum atomic E-state index is 14.1. The predicted molar refractivity (Wildman–Crippen MR) is 195 cm³/mol. The molecule has 2 aliphatic carbocycles. The molecule has 3 heterocycles. The van der Waals surface area contributed by atoms with E-state index in [4.69, 9.17) is 4.74 Å². The van der Waals surface area contributed by atoms with Crippen molar-refractivity contribution in [3.63, 3.8) is 0 Å². The number of anilines is 2. The van der Waals surface area contributed by atoms with Gasteiger partial charge in [-0.1, -0.05) is 69.7 Å². The number of aromatic amines is 1. The highest BCUT2D eigenvalue weighted by Crippen LogP contribution is 2.69. The minimum Gasteiger partial charge on any atom is -0.483 e. The number of thioether (sulfide) groups is 1. The molecule has 1 saturated heterocycles. The second-order valence-corrected chi connectivity index (χ2v) is 16.7. The average Bonchev–Trinajstić information content (AvgIpc) is 3.86. The Morgan fingerprint density at radius 1 is 0.942 bits per heavy atom. The van der Waals surface area contributed by atoms with E-state index in [0.29, 0.717) is 22.9 Å². The lowest BCUT2D eigenvalue weighted by Gasteiger charge is -2.43. The summed E-state index contributed by atoms with van der Waals surface area (Å²) < 4.78 is 47.8. The van der Waals surface area contributed by atoms with Crippen molar-refractivity contribution >= 4 is 78.9 Å². The number of hydrogen-bond acceptors (Lipinski definition) is 7. The van der Waals surface area contributed by atoms with E-state index in [1.165, 1.54) is 23.9 Å². The van der Waals surface area contributed by atoms with E-state index in [1.54, 1.807) is 12.1 Å². The molecule has 6 unspecified atom stereocenters. The molecule has 4 aromatic carbocycles. The van der Waals surface area contributed by atoms with Gasteiger partial charge < -0.3 is 15.0 Å². The van der Waals surface area contributed by atoms with Gasteiger partial charge in [-0.2, -0.15) is 13.2 Å². The number of aromatic nitrogens is 1. The topological polar surface area (TPSA) is 109 Å². The fraction of sp³-hybridized carbons (Fsp3) is 0.263. The van der Waals surface area contributed by atoms with Gasteiger partial charge >= 0.3 is 11.0 Å². The van der Waals surface area contributed by atoms with E-state index in [9.17, 15) is 32.3 Å². The van der Waals surface area contributed by atoms with Crippen LogP contribution >= 0.6 is 39.0 Å². The van der Waals surface area contributed by atoms with E-state index < -0.39 is 41.3 Å². The van der Waals surface area contributed by atoms with Crippen molar-refractivity contribution < 1.29 is 32.3 Å². The summed E-state index contributed by atoms with van der Waals surface area (Å²) >= 11 is 6.18. The number of carbonyl (C=O) groups is 3. The standard InChI is InChI=1S/C38H27BrF3N3O5S2/c39-19-11-12-26(50-16-27(46)43-25-10-3-6-17-5-1-2-9-21(17)25)22(14-19)28-29-23-15-24(32(29)51-34-33(28)52-37(49)44-34)31-30(23)35(47)45(36(31)48)20-8-4-7-18(13-20)38(40,41)42/h1-14,23-24,28-32H,15-16H2,(H,43,46)(H,44,49)/t23?,24?,28-,29?,30?,31?,32?/m1/s1. The second kappa shape index (κ2) is 12.3. The minimum absolute atomic E-state index is 0.0845. The maximum Gasteiger partial charge on any atom is 0.416 e. The molecule has 8 nitrogen and oxygen atoms in total. The Morgan fingerprint density at radius 2 is 1.69 bits per heavy atom. The molecule has 1 aromatic heterocycles. The number of halogens is 4. The van der Waals surface area contributed by atoms with Gasteiger partial charge in [0.2, 0.25) is 11.8 Å². The third-order valence-corrected chi connectivity index (χ3v) is 14.0. The molecule has 0 radical (unpaired) electrons. The zero-order valence-corrected chi connectivity index (χ0v) is 30.1. The highest BCUT2D eigenvalue weighted by molar-refractivity contribution is 9.10. The summed E-state index contributed by atoms with van der Waals surface area (Å²) in [5, 5.41) is 5.36. The Morgan fingerprint density at radius 3 is 2.50 bits per heavy atom. The third-order valence-electron chi connectivity index (χ3n) is 10.9. The zero-order valence-electron chi connectivity index (χ0n) is 26.9. The largest absolute Gasteiger partial charge is 0.483 e. The molecule has 9 rings (SSSR count). The van der Waals surface area contributed by atoms with E-state index in [0.717, 1.165) is 54.1 Å². The Bertz CT molecular complexity index is 2370. The van der Waals surface area contributed by atoms with Crippen LogP contribution in [-0.4, -0.2) is 34.6 Å². The van der Waals surface area contributed by atoms with E-state index in [-0.39, 0.29) is 46.1 Å². The van der Waals surface area contributed by atoms with E-state index >= 15 is 0 Å². The second-order valence-electron chi connectivity index (χ2n) is 13.6. The van der Waals surface area contributed by atoms with Crippen molar-refractivity contribution in [3.8, 4) is 5.75 Å². The summed E-state index contributed by atoms with van der Waals surface area (Å²) in [6, 6.07) is 23.2. The van der Waals surface area contributed by atoms with Gasteiger partial charge in [0.05, 0.1) is 28.1 Å². The van der Waals surface area contributed by atoms with Crippen LogP contribution in [0.5, 0.6) is 5.75 Å². The third kappa shape index (κ3) is 5.32. The highest BCUT2D eigenvalue weighted by atomic mass is 79.9. The number of nitrogens with one attached hydrogen (secondary N) is 2. The van der Waals surface area contributed by atoms with Crippen molar-refractivity contribution in [2.75, 3.05) is 16.8 Å². The number of ether oxygens (including phenoxy) is 1. The summed E-state index contributed by atoms with van der Waals surface area (Å²) in [4.78, 5) is 58.7. The number of amides is 3. The molecule has 0 spiro atoms. The molecule has 14 heteroatoms. The quantitative estimate of drug-likeness (QED) is 0.168. The van der Waals surface area contributed by atoms with Crippen LogP contribution in [0.1, 0.15) is 28.3 Å². The number of carbonyl (C=O) groups excluding carboxylic acids is 3. The van der Waals surface area contributed by atoms with Crippen LogP contribution < -0.4 is 19.8 Å². The smallest absolute Gasteiger partial charge is 0.416 e. The average molecular weight is 807 g/mol. The van der Waals surface area contributed by atoms with Crippen molar-refractivity contribution in [3.05, 3.63) is 115 Å². The highest BCUT2D eigenvalue weighted by Gasteiger charge is 2.70. The number of imide groups is 1. The molecule has 2 saturated carbocycles. The summed E-state index contributed by atoms with van der Waals surface area (Å²) in [5.74, 6) is -3.41. The molecule has 2 N–H and O–H groups in total. The minimum atomic E-state index is -4.63. The maximum absolute atomic E-state index is 14.1. The first-order valence-electron chi connectivity index (χ1n) is 16.6. The molecule has 5 aromatic rings. The van der Waals surface area contributed by atoms with Gasteiger partial charge in [0.15, 0.2) is 6.61 Å². The molecular weight excluding hydrogens is 779 g/mol. The number of rotatable bonds is 6. The van der Waals surface area contributed by atoms with Crippen molar-refractivity contribution in [2.45, 2.75) is 28.8 Å². The first kappa shape index (κ1) is 33.4. The van der Waals surface area contributed by atoms with Gasteiger partial charge in [-0.25, -0.2) is 0 Å². The fourth-order valence-corrected chi connectivity index (χ4v) is 12.3. The number of benzene rings is 4. The summed E-state index contributed by atoms with van der Waals surface area (Å²) in [7, 11) is 0. The van der Waals surface area contributed by atoms with Crippen LogP contribution in [0.25, 0.3) is 10.8 Å². The fourth-order valence-electron chi connectivity index (χ4n) is 9.00. The molecule has 3 amide bonds. The molecule has 264 valence electrons. The Balaban J connectivity index is 1.05. The number of nitrogens with zero attached hydrogens (tertiary/aromatic N) is 1. The molecule has 2 bridgehead atoms. The van der Waals surface area contributed by atoms with E-state index in [2.05, 4.69) is 26.2 Å². The number of hydrogen-bond donors (Lipinski definition) is 2.